The van der Waals surface area contributed by atoms with Crippen molar-refractivity contribution in [3.8, 4) is 16.2 Å². The van der Waals surface area contributed by atoms with E-state index in [4.69, 9.17) is 4.74 Å². The third-order valence-corrected chi connectivity index (χ3v) is 2.50. The molecule has 1 aromatic carbocycles. The molecule has 0 atom stereocenters. The van der Waals surface area contributed by atoms with Crippen LogP contribution in [-0.4, -0.2) is 11.0 Å². The Labute approximate surface area is 87.3 Å². The Kier molecular flexibility index (Phi) is 2.79. The van der Waals surface area contributed by atoms with E-state index in [1.165, 1.54) is 11.5 Å². The van der Waals surface area contributed by atoms with Crippen molar-refractivity contribution in [1.82, 2.24) is 4.37 Å². The fraction of sp³-hybridized carbons (Fsp3) is 0.182. The molecule has 1 radical (unpaired) electrons. The fourth-order valence-corrected chi connectivity index (χ4v) is 1.86. The summed E-state index contributed by atoms with van der Waals surface area (Å²) in [7, 11) is 0. The van der Waals surface area contributed by atoms with Crippen LogP contribution in [0.1, 0.15) is 6.92 Å². The van der Waals surface area contributed by atoms with E-state index in [0.717, 1.165) is 16.2 Å². The molecule has 0 saturated heterocycles. The molecule has 2 rings (SSSR count). The van der Waals surface area contributed by atoms with Crippen LogP contribution in [0.4, 0.5) is 0 Å². The first kappa shape index (κ1) is 9.21. The van der Waals surface area contributed by atoms with Gasteiger partial charge in [0.2, 0.25) is 5.06 Å². The molecule has 71 valence electrons. The molecule has 0 aliphatic heterocycles. The number of hydrogen-bond donors (Lipinski definition) is 0. The second-order valence-corrected chi connectivity index (χ2v) is 3.49. The molecule has 0 saturated carbocycles. The highest BCUT2D eigenvalue weighted by Gasteiger charge is 2.08. The first-order valence-corrected chi connectivity index (χ1v) is 5.24. The van der Waals surface area contributed by atoms with Crippen molar-refractivity contribution in [3.63, 3.8) is 0 Å². The smallest absolute Gasteiger partial charge is 0.202 e. The maximum Gasteiger partial charge on any atom is 0.202 e. The minimum Gasteiger partial charge on any atom is -0.483 e. The molecule has 14 heavy (non-hydrogen) atoms. The molecule has 1 heterocycles. The average molecular weight is 204 g/mol. The molecular weight excluding hydrogens is 194 g/mol. The summed E-state index contributed by atoms with van der Waals surface area (Å²) in [5.74, 6) is 0. The number of rotatable bonds is 3. The maximum atomic E-state index is 5.46. The van der Waals surface area contributed by atoms with Crippen LogP contribution in [0.15, 0.2) is 30.3 Å². The minimum absolute atomic E-state index is 0.663. The molecular formula is C11H10NOS. The zero-order valence-electron chi connectivity index (χ0n) is 7.86. The van der Waals surface area contributed by atoms with Gasteiger partial charge < -0.3 is 4.74 Å². The third-order valence-electron chi connectivity index (χ3n) is 1.83. The van der Waals surface area contributed by atoms with Crippen molar-refractivity contribution in [2.45, 2.75) is 6.92 Å². The van der Waals surface area contributed by atoms with Crippen molar-refractivity contribution >= 4 is 11.5 Å². The topological polar surface area (TPSA) is 22.1 Å². The molecule has 0 amide bonds. The van der Waals surface area contributed by atoms with Crippen LogP contribution in [0.3, 0.4) is 0 Å². The standard InChI is InChI=1S/C11H10NOS/c1-2-13-11-10(8-12-14-11)9-6-4-3-5-7-9/h3-7H,2H2,1H3. The summed E-state index contributed by atoms with van der Waals surface area (Å²) in [4.78, 5) is 0. The predicted octanol–water partition coefficient (Wildman–Crippen LogP) is 3.01. The van der Waals surface area contributed by atoms with E-state index in [0.29, 0.717) is 6.61 Å². The second kappa shape index (κ2) is 4.24. The summed E-state index contributed by atoms with van der Waals surface area (Å²) in [6.07, 6.45) is 2.95. The van der Waals surface area contributed by atoms with Gasteiger partial charge in [0.05, 0.1) is 12.2 Å². The van der Waals surface area contributed by atoms with Crippen molar-refractivity contribution in [3.05, 3.63) is 36.5 Å². The molecule has 0 aliphatic carbocycles. The van der Waals surface area contributed by atoms with Gasteiger partial charge in [-0.25, -0.2) is 0 Å². The Morgan fingerprint density at radius 3 is 2.86 bits per heavy atom. The monoisotopic (exact) mass is 204 g/mol. The molecule has 0 N–H and O–H groups in total. The molecule has 2 nitrogen and oxygen atoms in total. The number of benzene rings is 1. The molecule has 0 bridgehead atoms. The van der Waals surface area contributed by atoms with Gasteiger partial charge in [0.25, 0.3) is 0 Å². The SMILES string of the molecule is CCOc1sn[c]c1-c1ccccc1. The molecule has 1 aromatic heterocycles. The first-order chi connectivity index (χ1) is 6.92. The van der Waals surface area contributed by atoms with Gasteiger partial charge in [-0.05, 0) is 12.5 Å². The highest BCUT2D eigenvalue weighted by Crippen LogP contribution is 2.32. The quantitative estimate of drug-likeness (QED) is 0.766. The van der Waals surface area contributed by atoms with Gasteiger partial charge in [-0.3, -0.25) is 0 Å². The number of hydrogen-bond acceptors (Lipinski definition) is 3. The highest BCUT2D eigenvalue weighted by atomic mass is 32.1. The van der Waals surface area contributed by atoms with Gasteiger partial charge in [-0.2, -0.15) is 4.37 Å². The third kappa shape index (κ3) is 1.77. The van der Waals surface area contributed by atoms with Gasteiger partial charge in [-0.1, -0.05) is 30.3 Å². The van der Waals surface area contributed by atoms with Crippen LogP contribution in [-0.2, 0) is 0 Å². The zero-order chi connectivity index (χ0) is 9.80. The van der Waals surface area contributed by atoms with Gasteiger partial charge in [-0.15, -0.1) is 0 Å². The van der Waals surface area contributed by atoms with E-state index < -0.39 is 0 Å². The fourth-order valence-electron chi connectivity index (χ4n) is 1.22. The van der Waals surface area contributed by atoms with Crippen molar-refractivity contribution in [1.29, 1.82) is 0 Å². The second-order valence-electron chi connectivity index (χ2n) is 2.76. The molecule has 0 spiro atoms. The van der Waals surface area contributed by atoms with E-state index >= 15 is 0 Å². The summed E-state index contributed by atoms with van der Waals surface area (Å²) < 4.78 is 9.46. The Balaban J connectivity index is 2.37. The van der Waals surface area contributed by atoms with E-state index in [1.54, 1.807) is 0 Å². The van der Waals surface area contributed by atoms with E-state index in [-0.39, 0.29) is 0 Å². The molecule has 0 aliphatic rings. The lowest BCUT2D eigenvalue weighted by Gasteiger charge is -2.02. The summed E-state index contributed by atoms with van der Waals surface area (Å²) in [5, 5.41) is 0.846. The summed E-state index contributed by atoms with van der Waals surface area (Å²) in [6.45, 7) is 2.63. The van der Waals surface area contributed by atoms with Crippen LogP contribution in [0.2, 0.25) is 0 Å². The van der Waals surface area contributed by atoms with Crippen LogP contribution in [0.5, 0.6) is 5.06 Å². The van der Waals surface area contributed by atoms with E-state index in [1.807, 2.05) is 37.3 Å². The maximum absolute atomic E-state index is 5.46. The average Bonchev–Trinajstić information content (AvgIpc) is 2.68. The Hall–Kier alpha value is -1.35. The van der Waals surface area contributed by atoms with Crippen LogP contribution in [0, 0.1) is 6.20 Å². The summed E-state index contributed by atoms with van der Waals surface area (Å²) in [5.41, 5.74) is 2.06. The van der Waals surface area contributed by atoms with Crippen molar-refractivity contribution in [2.24, 2.45) is 0 Å². The molecule has 2 aromatic rings. The van der Waals surface area contributed by atoms with Gasteiger partial charge >= 0.3 is 0 Å². The Morgan fingerprint density at radius 1 is 1.36 bits per heavy atom. The van der Waals surface area contributed by atoms with Gasteiger partial charge in [0, 0.05) is 11.5 Å². The van der Waals surface area contributed by atoms with E-state index in [2.05, 4.69) is 10.6 Å². The zero-order valence-corrected chi connectivity index (χ0v) is 8.67. The largest absolute Gasteiger partial charge is 0.483 e. The summed E-state index contributed by atoms with van der Waals surface area (Å²) in [6, 6.07) is 10.0. The van der Waals surface area contributed by atoms with Crippen LogP contribution in [0.25, 0.3) is 11.1 Å². The van der Waals surface area contributed by atoms with Crippen LogP contribution >= 0.6 is 11.5 Å². The van der Waals surface area contributed by atoms with Gasteiger partial charge in [0.15, 0.2) is 0 Å². The lowest BCUT2D eigenvalue weighted by Crippen LogP contribution is -1.89. The first-order valence-electron chi connectivity index (χ1n) is 4.47. The highest BCUT2D eigenvalue weighted by molar-refractivity contribution is 7.08. The molecule has 0 unspecified atom stereocenters. The summed E-state index contributed by atoms with van der Waals surface area (Å²) >= 11 is 1.34. The lowest BCUT2D eigenvalue weighted by atomic mass is 10.1. The number of ether oxygens (including phenoxy) is 1. The van der Waals surface area contributed by atoms with Crippen molar-refractivity contribution in [2.75, 3.05) is 6.61 Å². The van der Waals surface area contributed by atoms with Gasteiger partial charge in [0.1, 0.15) is 6.20 Å². The molecule has 3 heteroatoms. The number of nitrogens with zero attached hydrogens (tertiary/aromatic N) is 1. The molecule has 0 fully saturated rings. The van der Waals surface area contributed by atoms with Crippen LogP contribution < -0.4 is 4.74 Å². The minimum atomic E-state index is 0.663. The Bertz CT molecular complexity index is 397. The van der Waals surface area contributed by atoms with Crippen molar-refractivity contribution < 1.29 is 4.74 Å². The number of aromatic nitrogens is 1. The normalized spacial score (nSPS) is 10.1. The lowest BCUT2D eigenvalue weighted by molar-refractivity contribution is 0.351. The van der Waals surface area contributed by atoms with E-state index in [9.17, 15) is 0 Å². The predicted molar refractivity (Wildman–Crippen MR) is 57.6 cm³/mol. The Morgan fingerprint density at radius 2 is 2.14 bits per heavy atom.